The van der Waals surface area contributed by atoms with Crippen molar-refractivity contribution < 1.29 is 23.8 Å². The molecule has 0 saturated heterocycles. The molecule has 5 rings (SSSR count). The van der Waals surface area contributed by atoms with Gasteiger partial charge < -0.3 is 30.2 Å². The number of unbranched alkanes of at least 4 members (excludes halogenated alkanes) is 2. The number of ether oxygens (including phenoxy) is 3. The van der Waals surface area contributed by atoms with E-state index < -0.39 is 12.1 Å². The molecule has 2 heterocycles. The van der Waals surface area contributed by atoms with E-state index in [0.717, 1.165) is 60.3 Å². The number of carbonyl (C=O) groups is 2. The highest BCUT2D eigenvalue weighted by Crippen LogP contribution is 2.50. The van der Waals surface area contributed by atoms with Gasteiger partial charge in [0.1, 0.15) is 11.9 Å². The lowest BCUT2D eigenvalue weighted by Gasteiger charge is -2.24. The molecule has 266 valence electrons. The summed E-state index contributed by atoms with van der Waals surface area (Å²) >= 11 is 0. The van der Waals surface area contributed by atoms with Gasteiger partial charge in [0.25, 0.3) is 0 Å². The van der Waals surface area contributed by atoms with Crippen molar-refractivity contribution in [3.63, 3.8) is 0 Å². The Balaban J connectivity index is 1.37. The number of hydrogen-bond donors (Lipinski definition) is 3. The molecule has 12 heteroatoms. The lowest BCUT2D eigenvalue weighted by Crippen LogP contribution is -2.44. The van der Waals surface area contributed by atoms with Crippen LogP contribution in [0.25, 0.3) is 16.8 Å². The van der Waals surface area contributed by atoms with Crippen LogP contribution in [0.4, 0.5) is 5.69 Å². The van der Waals surface area contributed by atoms with Crippen molar-refractivity contribution in [1.29, 1.82) is 0 Å². The standard InChI is InChI=1S/C38H48N6O6/c1-7-23(2)35(38(47)39-19-11-8-9-13-32-42-43-33-14-10-12-20-44(32)33)41-29-18-16-26-27(22-30(29)46)28(40-24(3)45)17-15-25-21-31(48-4)36(49-5)37(50-6)34(25)26/h10,12,14,16,18,20-23,28,35H,7-9,11,13,15,17,19H2,1-6H3,(H,39,47)(H,40,45)(H,41,46). The molecule has 12 nitrogen and oxygen atoms in total. The summed E-state index contributed by atoms with van der Waals surface area (Å²) in [5.74, 6) is 1.96. The topological polar surface area (TPSA) is 145 Å². The van der Waals surface area contributed by atoms with Crippen molar-refractivity contribution in [1.82, 2.24) is 25.2 Å². The first kappa shape index (κ1) is 36.2. The number of pyridine rings is 1. The molecule has 0 aliphatic heterocycles. The van der Waals surface area contributed by atoms with Crippen LogP contribution in [0, 0.1) is 5.92 Å². The molecule has 50 heavy (non-hydrogen) atoms. The number of aromatic nitrogens is 3. The van der Waals surface area contributed by atoms with Crippen molar-refractivity contribution in [2.75, 3.05) is 33.2 Å². The quantitative estimate of drug-likeness (QED) is 0.143. The number of aryl methyl sites for hydroxylation is 2. The first-order valence-electron chi connectivity index (χ1n) is 17.3. The highest BCUT2D eigenvalue weighted by atomic mass is 16.5. The van der Waals surface area contributed by atoms with Gasteiger partial charge in [0.2, 0.25) is 23.0 Å². The van der Waals surface area contributed by atoms with Crippen LogP contribution in [0.3, 0.4) is 0 Å². The Morgan fingerprint density at radius 2 is 1.80 bits per heavy atom. The van der Waals surface area contributed by atoms with E-state index in [0.29, 0.717) is 47.9 Å². The Labute approximate surface area is 292 Å². The zero-order valence-electron chi connectivity index (χ0n) is 29.8. The smallest absolute Gasteiger partial charge is 0.242 e. The fourth-order valence-corrected chi connectivity index (χ4v) is 6.66. The zero-order chi connectivity index (χ0) is 35.8. The molecule has 0 radical (unpaired) electrons. The summed E-state index contributed by atoms with van der Waals surface area (Å²) in [4.78, 5) is 39.8. The van der Waals surface area contributed by atoms with Gasteiger partial charge in [-0.05, 0) is 78.6 Å². The molecule has 1 aliphatic carbocycles. The third-order valence-corrected chi connectivity index (χ3v) is 9.48. The van der Waals surface area contributed by atoms with Crippen molar-refractivity contribution in [2.45, 2.75) is 77.8 Å². The van der Waals surface area contributed by atoms with E-state index in [-0.39, 0.29) is 23.2 Å². The number of fused-ring (bicyclic) bond motifs is 4. The molecule has 3 unspecified atom stereocenters. The lowest BCUT2D eigenvalue weighted by molar-refractivity contribution is -0.123. The van der Waals surface area contributed by atoms with Gasteiger partial charge >= 0.3 is 0 Å². The number of benzene rings is 1. The summed E-state index contributed by atoms with van der Waals surface area (Å²) in [5.41, 5.74) is 3.93. The van der Waals surface area contributed by atoms with E-state index in [4.69, 9.17) is 14.2 Å². The highest BCUT2D eigenvalue weighted by molar-refractivity contribution is 5.86. The Bertz CT molecular complexity index is 1890. The van der Waals surface area contributed by atoms with Crippen LogP contribution in [0.2, 0.25) is 0 Å². The van der Waals surface area contributed by atoms with Gasteiger partial charge in [-0.1, -0.05) is 38.8 Å². The first-order chi connectivity index (χ1) is 24.2. The molecular weight excluding hydrogens is 636 g/mol. The number of nitrogens with zero attached hydrogens (tertiary/aromatic N) is 3. The van der Waals surface area contributed by atoms with E-state index in [9.17, 15) is 14.4 Å². The number of methoxy groups -OCH3 is 3. The Morgan fingerprint density at radius 3 is 2.52 bits per heavy atom. The number of anilines is 1. The van der Waals surface area contributed by atoms with Gasteiger partial charge in [-0.3, -0.25) is 18.8 Å². The summed E-state index contributed by atoms with van der Waals surface area (Å²) < 4.78 is 19.2. The second-order valence-corrected chi connectivity index (χ2v) is 12.8. The third kappa shape index (κ3) is 7.85. The Morgan fingerprint density at radius 1 is 1.00 bits per heavy atom. The maximum absolute atomic E-state index is 13.9. The van der Waals surface area contributed by atoms with Crippen LogP contribution < -0.4 is 35.6 Å². The first-order valence-corrected chi connectivity index (χ1v) is 17.3. The fourth-order valence-electron chi connectivity index (χ4n) is 6.66. The summed E-state index contributed by atoms with van der Waals surface area (Å²) in [7, 11) is 4.69. The number of amides is 2. The molecule has 4 aromatic rings. The van der Waals surface area contributed by atoms with E-state index in [1.165, 1.54) is 6.92 Å². The summed E-state index contributed by atoms with van der Waals surface area (Å²) in [5, 5.41) is 17.9. The molecule has 3 N–H and O–H groups in total. The minimum atomic E-state index is -0.630. The fraction of sp³-hybridized carbons (Fsp3) is 0.447. The Hall–Kier alpha value is -5.13. The van der Waals surface area contributed by atoms with E-state index in [2.05, 4.69) is 26.1 Å². The third-order valence-electron chi connectivity index (χ3n) is 9.48. The van der Waals surface area contributed by atoms with E-state index in [1.54, 1.807) is 33.5 Å². The molecule has 2 aromatic heterocycles. The van der Waals surface area contributed by atoms with Crippen molar-refractivity contribution in [3.05, 3.63) is 75.8 Å². The molecule has 1 aliphatic rings. The highest BCUT2D eigenvalue weighted by Gasteiger charge is 2.30. The number of nitrogens with one attached hydrogen (secondary N) is 3. The minimum Gasteiger partial charge on any atom is -0.493 e. The van der Waals surface area contributed by atoms with Crippen LogP contribution in [0.5, 0.6) is 17.2 Å². The molecule has 0 saturated carbocycles. The summed E-state index contributed by atoms with van der Waals surface area (Å²) in [6.07, 6.45) is 7.32. The average Bonchev–Trinajstić information content (AvgIpc) is 3.39. The predicted octanol–water partition coefficient (Wildman–Crippen LogP) is 5.26. The zero-order valence-corrected chi connectivity index (χ0v) is 29.8. The van der Waals surface area contributed by atoms with Crippen LogP contribution in [0.1, 0.15) is 75.9 Å². The van der Waals surface area contributed by atoms with Gasteiger partial charge in [0, 0.05) is 31.6 Å². The lowest BCUT2D eigenvalue weighted by atomic mass is 9.95. The van der Waals surface area contributed by atoms with Crippen LogP contribution in [-0.4, -0.2) is 60.3 Å². The maximum atomic E-state index is 13.9. The molecule has 0 spiro atoms. The predicted molar refractivity (Wildman–Crippen MR) is 193 cm³/mol. The van der Waals surface area contributed by atoms with E-state index >= 15 is 0 Å². The number of rotatable bonds is 15. The van der Waals surface area contributed by atoms with Crippen molar-refractivity contribution in [3.8, 4) is 28.4 Å². The normalized spacial score (nSPS) is 14.8. The summed E-state index contributed by atoms with van der Waals surface area (Å²) in [6.45, 7) is 6.01. The molecule has 0 bridgehead atoms. The minimum absolute atomic E-state index is 0.0522. The molecule has 2 amide bonds. The van der Waals surface area contributed by atoms with Crippen LogP contribution in [-0.2, 0) is 22.4 Å². The largest absolute Gasteiger partial charge is 0.493 e. The van der Waals surface area contributed by atoms with Crippen molar-refractivity contribution in [2.24, 2.45) is 5.92 Å². The van der Waals surface area contributed by atoms with Gasteiger partial charge in [-0.2, -0.15) is 0 Å². The van der Waals surface area contributed by atoms with Crippen LogP contribution in [0.15, 0.2) is 53.5 Å². The van der Waals surface area contributed by atoms with E-state index in [1.807, 2.05) is 54.8 Å². The van der Waals surface area contributed by atoms with Crippen molar-refractivity contribution >= 4 is 23.1 Å². The Kier molecular flexibility index (Phi) is 11.9. The van der Waals surface area contributed by atoms with Gasteiger partial charge in [-0.25, -0.2) is 0 Å². The second kappa shape index (κ2) is 16.5. The number of carbonyl (C=O) groups excluding carboxylic acids is 2. The second-order valence-electron chi connectivity index (χ2n) is 12.8. The maximum Gasteiger partial charge on any atom is 0.242 e. The van der Waals surface area contributed by atoms with Gasteiger partial charge in [0.05, 0.1) is 33.1 Å². The molecule has 2 aromatic carbocycles. The van der Waals surface area contributed by atoms with Crippen LogP contribution >= 0.6 is 0 Å². The molecule has 3 atom stereocenters. The summed E-state index contributed by atoms with van der Waals surface area (Å²) in [6, 6.07) is 11.8. The SMILES string of the molecule is CCC(C)C(Nc1ccc2c(cc1=O)C(NC(C)=O)CCc1cc(OC)c(OC)c(OC)c1-2)C(=O)NCCCCCc1nnc2ccccn12. The number of hydrogen-bond acceptors (Lipinski definition) is 9. The van der Waals surface area contributed by atoms with Gasteiger partial charge in [-0.15, -0.1) is 10.2 Å². The molecular formula is C38H48N6O6. The molecule has 0 fully saturated rings. The average molecular weight is 685 g/mol. The monoisotopic (exact) mass is 684 g/mol. The van der Waals surface area contributed by atoms with Gasteiger partial charge in [0.15, 0.2) is 17.1 Å².